The number of fused-ring (bicyclic) bond motifs is 2. The van der Waals surface area contributed by atoms with Gasteiger partial charge in [0.05, 0.1) is 18.0 Å². The van der Waals surface area contributed by atoms with Crippen molar-refractivity contribution < 1.29 is 14.2 Å². The number of benzene rings is 1. The van der Waals surface area contributed by atoms with Crippen molar-refractivity contribution in [3.05, 3.63) is 93.0 Å². The van der Waals surface area contributed by atoms with Crippen molar-refractivity contribution >= 4 is 0 Å². The fourth-order valence-corrected chi connectivity index (χ4v) is 3.98. The minimum atomic E-state index is -0.684. The third-order valence-electron chi connectivity index (χ3n) is 5.48. The molecule has 2 N–H and O–H groups in total. The number of pyridine rings is 2. The first-order valence-electron chi connectivity index (χ1n) is 9.67. The van der Waals surface area contributed by atoms with Gasteiger partial charge >= 0.3 is 0 Å². The van der Waals surface area contributed by atoms with Gasteiger partial charge in [0.2, 0.25) is 12.7 Å². The predicted molar refractivity (Wildman–Crippen MR) is 111 cm³/mol. The van der Waals surface area contributed by atoms with Crippen LogP contribution in [-0.4, -0.2) is 16.3 Å². The van der Waals surface area contributed by atoms with E-state index in [1.54, 1.807) is 35.2 Å². The van der Waals surface area contributed by atoms with E-state index in [4.69, 9.17) is 19.9 Å². The largest absolute Gasteiger partial charge is 0.454 e. The Morgan fingerprint density at radius 3 is 2.84 bits per heavy atom. The maximum Gasteiger partial charge on any atom is 0.259 e. The second-order valence-corrected chi connectivity index (χ2v) is 7.35. The van der Waals surface area contributed by atoms with Crippen molar-refractivity contribution in [1.82, 2.24) is 9.55 Å². The quantitative estimate of drug-likeness (QED) is 0.701. The lowest BCUT2D eigenvalue weighted by molar-refractivity contribution is 0.174. The lowest BCUT2D eigenvalue weighted by atomic mass is 9.84. The van der Waals surface area contributed by atoms with E-state index in [2.05, 4.69) is 11.1 Å². The van der Waals surface area contributed by atoms with Gasteiger partial charge in [-0.25, -0.2) is 0 Å². The molecule has 31 heavy (non-hydrogen) atoms. The first-order chi connectivity index (χ1) is 15.1. The Morgan fingerprint density at radius 2 is 2.06 bits per heavy atom. The molecular weight excluding hydrogens is 396 g/mol. The van der Waals surface area contributed by atoms with Crippen molar-refractivity contribution in [3.8, 4) is 23.3 Å². The molecule has 0 radical (unpaired) electrons. The van der Waals surface area contributed by atoms with Crippen molar-refractivity contribution in [3.63, 3.8) is 0 Å². The van der Waals surface area contributed by atoms with E-state index in [0.29, 0.717) is 40.6 Å². The monoisotopic (exact) mass is 414 g/mol. The summed E-state index contributed by atoms with van der Waals surface area (Å²) in [6.07, 6.45) is 3.40. The molecule has 2 aliphatic rings. The van der Waals surface area contributed by atoms with Gasteiger partial charge in [-0.15, -0.1) is 0 Å². The number of nitriles is 1. The Balaban J connectivity index is 1.70. The average Bonchev–Trinajstić information content (AvgIpc) is 3.24. The molecular formula is C23H18N4O4. The van der Waals surface area contributed by atoms with Crippen LogP contribution in [0, 0.1) is 18.3 Å². The van der Waals surface area contributed by atoms with Gasteiger partial charge in [0, 0.05) is 24.2 Å². The van der Waals surface area contributed by atoms with Gasteiger partial charge in [-0.05, 0) is 36.2 Å². The normalized spacial score (nSPS) is 16.5. The molecule has 8 nitrogen and oxygen atoms in total. The smallest absolute Gasteiger partial charge is 0.259 e. The summed E-state index contributed by atoms with van der Waals surface area (Å²) < 4.78 is 18.2. The van der Waals surface area contributed by atoms with E-state index >= 15 is 0 Å². The van der Waals surface area contributed by atoms with Gasteiger partial charge < -0.3 is 24.5 Å². The molecule has 0 spiro atoms. The SMILES string of the molecule is Cc1cc2c(c(=O)n1Cc1cccnc1)[C@@H](c1ccc3c(c1)OCO3)C(C#N)=C(N)O2. The first kappa shape index (κ1) is 18.8. The number of allylic oxidation sites excluding steroid dienone is 1. The van der Waals surface area contributed by atoms with E-state index < -0.39 is 5.92 Å². The molecule has 8 heteroatoms. The molecule has 5 rings (SSSR count). The molecule has 3 aromatic rings. The maximum atomic E-state index is 13.7. The molecule has 0 amide bonds. The summed E-state index contributed by atoms with van der Waals surface area (Å²) in [5, 5.41) is 9.82. The predicted octanol–water partition coefficient (Wildman–Crippen LogP) is 2.55. The summed E-state index contributed by atoms with van der Waals surface area (Å²) in [7, 11) is 0. The van der Waals surface area contributed by atoms with E-state index in [1.807, 2.05) is 25.1 Å². The first-order valence-corrected chi connectivity index (χ1v) is 9.67. The summed E-state index contributed by atoms with van der Waals surface area (Å²) in [4.78, 5) is 17.8. The number of hydrogen-bond acceptors (Lipinski definition) is 7. The van der Waals surface area contributed by atoms with E-state index in [0.717, 1.165) is 5.56 Å². The Kier molecular flexibility index (Phi) is 4.37. The highest BCUT2D eigenvalue weighted by Crippen LogP contribution is 2.43. The summed E-state index contributed by atoms with van der Waals surface area (Å²) in [5.74, 6) is 0.829. The number of ether oxygens (including phenoxy) is 3. The number of nitrogens with two attached hydrogens (primary N) is 1. The highest BCUT2D eigenvalue weighted by molar-refractivity contribution is 5.57. The molecule has 0 saturated heterocycles. The molecule has 0 unspecified atom stereocenters. The summed E-state index contributed by atoms with van der Waals surface area (Å²) in [6, 6.07) is 13.0. The number of aromatic nitrogens is 2. The Labute approximate surface area is 177 Å². The van der Waals surface area contributed by atoms with E-state index in [-0.39, 0.29) is 23.8 Å². The van der Waals surface area contributed by atoms with Crippen LogP contribution < -0.4 is 25.5 Å². The second kappa shape index (κ2) is 7.22. The lowest BCUT2D eigenvalue weighted by Gasteiger charge is -2.27. The van der Waals surface area contributed by atoms with Crippen LogP contribution >= 0.6 is 0 Å². The Hall–Kier alpha value is -4.25. The summed E-state index contributed by atoms with van der Waals surface area (Å²) >= 11 is 0. The van der Waals surface area contributed by atoms with Crippen molar-refractivity contribution in [2.45, 2.75) is 19.4 Å². The van der Waals surface area contributed by atoms with E-state index in [9.17, 15) is 10.1 Å². The number of aryl methyl sites for hydroxylation is 1. The second-order valence-electron chi connectivity index (χ2n) is 7.35. The molecule has 0 saturated carbocycles. The molecule has 0 aliphatic carbocycles. The molecule has 2 aromatic heterocycles. The van der Waals surface area contributed by atoms with Crippen molar-refractivity contribution in [2.75, 3.05) is 6.79 Å². The van der Waals surface area contributed by atoms with Gasteiger partial charge in [0.1, 0.15) is 17.4 Å². The van der Waals surface area contributed by atoms with Crippen LogP contribution in [0.4, 0.5) is 0 Å². The molecule has 154 valence electrons. The van der Waals surface area contributed by atoms with Crippen LogP contribution in [0.3, 0.4) is 0 Å². The van der Waals surface area contributed by atoms with Gasteiger partial charge in [0.25, 0.3) is 5.56 Å². The van der Waals surface area contributed by atoms with E-state index in [1.165, 1.54) is 0 Å². The highest BCUT2D eigenvalue weighted by atomic mass is 16.7. The van der Waals surface area contributed by atoms with Crippen molar-refractivity contribution in [1.29, 1.82) is 5.26 Å². The van der Waals surface area contributed by atoms with Crippen molar-refractivity contribution in [2.24, 2.45) is 5.73 Å². The minimum absolute atomic E-state index is 0.0125. The number of hydrogen-bond donors (Lipinski definition) is 1. The third-order valence-corrected chi connectivity index (χ3v) is 5.48. The van der Waals surface area contributed by atoms with Gasteiger partial charge in [-0.3, -0.25) is 9.78 Å². The maximum absolute atomic E-state index is 13.7. The molecule has 2 aliphatic heterocycles. The van der Waals surface area contributed by atoms with Gasteiger partial charge in [0.15, 0.2) is 11.5 Å². The molecule has 1 atom stereocenters. The zero-order chi connectivity index (χ0) is 21.5. The van der Waals surface area contributed by atoms with Crippen LogP contribution in [-0.2, 0) is 6.54 Å². The summed E-state index contributed by atoms with van der Waals surface area (Å²) in [6.45, 7) is 2.31. The average molecular weight is 414 g/mol. The fraction of sp³-hybridized carbons (Fsp3) is 0.174. The van der Waals surface area contributed by atoms with Crippen LogP contribution in [0.15, 0.2) is 65.0 Å². The van der Waals surface area contributed by atoms with Gasteiger partial charge in [-0.2, -0.15) is 5.26 Å². The number of nitrogens with zero attached hydrogens (tertiary/aromatic N) is 3. The van der Waals surface area contributed by atoms with Crippen LogP contribution in [0.2, 0.25) is 0 Å². The zero-order valence-electron chi connectivity index (χ0n) is 16.7. The van der Waals surface area contributed by atoms with Crippen LogP contribution in [0.1, 0.15) is 28.3 Å². The Morgan fingerprint density at radius 1 is 1.23 bits per heavy atom. The minimum Gasteiger partial charge on any atom is -0.454 e. The summed E-state index contributed by atoms with van der Waals surface area (Å²) in [5.41, 5.74) is 8.66. The topological polar surface area (TPSA) is 112 Å². The molecule has 0 fully saturated rings. The molecule has 1 aromatic carbocycles. The molecule has 4 heterocycles. The standard InChI is InChI=1S/C23H18N4O4/c1-13-7-19-21(23(28)27(13)11-14-3-2-6-26-10-14)20(16(9-24)22(25)31-19)15-4-5-17-18(8-15)30-12-29-17/h2-8,10,20H,11-12,25H2,1H3/t20-/m0/s1. The van der Waals surface area contributed by atoms with Crippen LogP contribution in [0.5, 0.6) is 17.2 Å². The number of rotatable bonds is 3. The highest BCUT2D eigenvalue weighted by Gasteiger charge is 2.35. The lowest BCUT2D eigenvalue weighted by Crippen LogP contribution is -2.33. The molecule has 0 bridgehead atoms. The third kappa shape index (κ3) is 3.07. The fourth-order valence-electron chi connectivity index (χ4n) is 3.98. The zero-order valence-corrected chi connectivity index (χ0v) is 16.7. The van der Waals surface area contributed by atoms with Gasteiger partial charge in [-0.1, -0.05) is 12.1 Å². The Bertz CT molecular complexity index is 1320. The van der Waals surface area contributed by atoms with Crippen LogP contribution in [0.25, 0.3) is 0 Å².